The van der Waals surface area contributed by atoms with E-state index in [4.69, 9.17) is 5.73 Å². The first kappa shape index (κ1) is 10.1. The van der Waals surface area contributed by atoms with Gasteiger partial charge in [-0.2, -0.15) is 0 Å². The van der Waals surface area contributed by atoms with Crippen molar-refractivity contribution >= 4 is 11.0 Å². The van der Waals surface area contributed by atoms with Crippen LogP contribution in [0.15, 0.2) is 24.5 Å². The lowest BCUT2D eigenvalue weighted by Crippen LogP contribution is -2.03. The number of nitrogens with one attached hydrogen (secondary N) is 1. The van der Waals surface area contributed by atoms with Crippen LogP contribution in [0.3, 0.4) is 0 Å². The number of aliphatic hydroxyl groups is 1. The molecule has 0 aliphatic heterocycles. The molecule has 0 amide bonds. The van der Waals surface area contributed by atoms with Crippen molar-refractivity contribution in [2.45, 2.75) is 18.9 Å². The molecule has 2 aromatic heterocycles. The summed E-state index contributed by atoms with van der Waals surface area (Å²) in [6.07, 6.45) is 4.58. The van der Waals surface area contributed by atoms with Crippen molar-refractivity contribution in [1.82, 2.24) is 9.97 Å². The van der Waals surface area contributed by atoms with E-state index < -0.39 is 6.10 Å². The summed E-state index contributed by atoms with van der Waals surface area (Å²) < 4.78 is 0. The summed E-state index contributed by atoms with van der Waals surface area (Å²) in [7, 11) is 0. The number of aromatic nitrogens is 2. The fourth-order valence-electron chi connectivity index (χ4n) is 1.70. The van der Waals surface area contributed by atoms with Crippen LogP contribution in [0.2, 0.25) is 0 Å². The molecule has 1 atom stereocenters. The van der Waals surface area contributed by atoms with E-state index in [2.05, 4.69) is 9.97 Å². The van der Waals surface area contributed by atoms with Crippen LogP contribution in [0.1, 0.15) is 24.5 Å². The SMILES string of the molecule is NCCCC(O)c1c[nH]c2cccnc12. The number of fused-ring (bicyclic) bond motifs is 1. The zero-order valence-electron chi connectivity index (χ0n) is 8.48. The first-order valence-corrected chi connectivity index (χ1v) is 5.13. The van der Waals surface area contributed by atoms with Gasteiger partial charge in [-0.25, -0.2) is 0 Å². The van der Waals surface area contributed by atoms with Crippen molar-refractivity contribution in [1.29, 1.82) is 0 Å². The van der Waals surface area contributed by atoms with Crippen molar-refractivity contribution in [2.24, 2.45) is 5.73 Å². The van der Waals surface area contributed by atoms with Crippen LogP contribution in [0.5, 0.6) is 0 Å². The lowest BCUT2D eigenvalue weighted by Gasteiger charge is -2.07. The molecule has 0 radical (unpaired) electrons. The maximum atomic E-state index is 9.92. The number of hydrogen-bond acceptors (Lipinski definition) is 3. The molecule has 0 saturated heterocycles. The Kier molecular flexibility index (Phi) is 2.99. The molecule has 2 heterocycles. The molecule has 4 nitrogen and oxygen atoms in total. The van der Waals surface area contributed by atoms with E-state index in [1.807, 2.05) is 18.3 Å². The minimum Gasteiger partial charge on any atom is -0.388 e. The summed E-state index contributed by atoms with van der Waals surface area (Å²) in [5, 5.41) is 9.92. The number of hydrogen-bond donors (Lipinski definition) is 3. The van der Waals surface area contributed by atoms with Crippen molar-refractivity contribution in [2.75, 3.05) is 6.54 Å². The van der Waals surface area contributed by atoms with E-state index in [1.165, 1.54) is 0 Å². The molecule has 0 saturated carbocycles. The Hall–Kier alpha value is -1.39. The molecule has 0 fully saturated rings. The van der Waals surface area contributed by atoms with Gasteiger partial charge in [-0.15, -0.1) is 0 Å². The first-order valence-electron chi connectivity index (χ1n) is 5.13. The van der Waals surface area contributed by atoms with Gasteiger partial charge in [0, 0.05) is 18.0 Å². The van der Waals surface area contributed by atoms with Gasteiger partial charge in [0.2, 0.25) is 0 Å². The van der Waals surface area contributed by atoms with E-state index in [1.54, 1.807) is 6.20 Å². The van der Waals surface area contributed by atoms with Gasteiger partial charge in [-0.05, 0) is 31.5 Å². The van der Waals surface area contributed by atoms with E-state index in [0.29, 0.717) is 13.0 Å². The quantitative estimate of drug-likeness (QED) is 0.705. The van der Waals surface area contributed by atoms with Crippen LogP contribution in [0.25, 0.3) is 11.0 Å². The van der Waals surface area contributed by atoms with Gasteiger partial charge >= 0.3 is 0 Å². The summed E-state index contributed by atoms with van der Waals surface area (Å²) in [5.74, 6) is 0. The summed E-state index contributed by atoms with van der Waals surface area (Å²) >= 11 is 0. The molecule has 4 heteroatoms. The standard InChI is InChI=1S/C11H15N3O/c12-5-1-4-10(15)8-7-14-9-3-2-6-13-11(8)9/h2-3,6-7,10,14-15H,1,4-5,12H2. The molecule has 15 heavy (non-hydrogen) atoms. The Morgan fingerprint density at radius 3 is 3.20 bits per heavy atom. The van der Waals surface area contributed by atoms with Gasteiger partial charge in [-0.3, -0.25) is 4.98 Å². The van der Waals surface area contributed by atoms with Crippen molar-refractivity contribution in [3.63, 3.8) is 0 Å². The zero-order valence-corrected chi connectivity index (χ0v) is 8.48. The molecule has 0 aliphatic carbocycles. The number of nitrogens with zero attached hydrogens (tertiary/aromatic N) is 1. The van der Waals surface area contributed by atoms with Crippen LogP contribution < -0.4 is 5.73 Å². The zero-order chi connectivity index (χ0) is 10.7. The second-order valence-electron chi connectivity index (χ2n) is 3.59. The Morgan fingerprint density at radius 2 is 2.40 bits per heavy atom. The van der Waals surface area contributed by atoms with Crippen molar-refractivity contribution in [3.05, 3.63) is 30.1 Å². The molecular formula is C11H15N3O. The molecule has 4 N–H and O–H groups in total. The maximum Gasteiger partial charge on any atom is 0.0936 e. The highest BCUT2D eigenvalue weighted by Gasteiger charge is 2.12. The highest BCUT2D eigenvalue weighted by atomic mass is 16.3. The van der Waals surface area contributed by atoms with Crippen molar-refractivity contribution in [3.8, 4) is 0 Å². The van der Waals surface area contributed by atoms with E-state index in [-0.39, 0.29) is 0 Å². The highest BCUT2D eigenvalue weighted by Crippen LogP contribution is 2.24. The highest BCUT2D eigenvalue weighted by molar-refractivity contribution is 5.78. The average molecular weight is 205 g/mol. The number of pyridine rings is 1. The second kappa shape index (κ2) is 4.42. The Morgan fingerprint density at radius 1 is 1.53 bits per heavy atom. The predicted octanol–water partition coefficient (Wildman–Crippen LogP) is 1.34. The predicted molar refractivity (Wildman–Crippen MR) is 59.3 cm³/mol. The Bertz CT molecular complexity index is 438. The van der Waals surface area contributed by atoms with Gasteiger partial charge in [0.15, 0.2) is 0 Å². The van der Waals surface area contributed by atoms with Crippen LogP contribution in [0, 0.1) is 0 Å². The van der Waals surface area contributed by atoms with Crippen LogP contribution in [-0.4, -0.2) is 21.6 Å². The Balaban J connectivity index is 2.27. The molecule has 0 bridgehead atoms. The lowest BCUT2D eigenvalue weighted by atomic mass is 10.1. The summed E-state index contributed by atoms with van der Waals surface area (Å²) in [6.45, 7) is 0.604. The van der Waals surface area contributed by atoms with Gasteiger partial charge < -0.3 is 15.8 Å². The largest absolute Gasteiger partial charge is 0.388 e. The number of aromatic amines is 1. The van der Waals surface area contributed by atoms with Gasteiger partial charge in [0.25, 0.3) is 0 Å². The molecule has 2 aromatic rings. The number of nitrogens with two attached hydrogens (primary N) is 1. The Labute approximate surface area is 88.1 Å². The van der Waals surface area contributed by atoms with Crippen LogP contribution in [-0.2, 0) is 0 Å². The van der Waals surface area contributed by atoms with E-state index in [0.717, 1.165) is 23.0 Å². The fraction of sp³-hybridized carbons (Fsp3) is 0.364. The monoisotopic (exact) mass is 205 g/mol. The van der Waals surface area contributed by atoms with Crippen LogP contribution in [0.4, 0.5) is 0 Å². The van der Waals surface area contributed by atoms with E-state index in [9.17, 15) is 5.11 Å². The molecular weight excluding hydrogens is 190 g/mol. The third-order valence-electron chi connectivity index (χ3n) is 2.51. The average Bonchev–Trinajstić information content (AvgIpc) is 2.69. The molecule has 0 aromatic carbocycles. The first-order chi connectivity index (χ1) is 7.33. The lowest BCUT2D eigenvalue weighted by molar-refractivity contribution is 0.167. The molecule has 80 valence electrons. The molecule has 0 aliphatic rings. The van der Waals surface area contributed by atoms with Gasteiger partial charge in [0.05, 0.1) is 17.1 Å². The third kappa shape index (κ3) is 2.00. The normalized spacial score (nSPS) is 13.2. The topological polar surface area (TPSA) is 74.9 Å². The fourth-order valence-corrected chi connectivity index (χ4v) is 1.70. The van der Waals surface area contributed by atoms with Gasteiger partial charge in [-0.1, -0.05) is 0 Å². The number of rotatable bonds is 4. The van der Waals surface area contributed by atoms with Gasteiger partial charge in [0.1, 0.15) is 0 Å². The minimum absolute atomic E-state index is 0.475. The summed E-state index contributed by atoms with van der Waals surface area (Å²) in [5.41, 5.74) is 8.08. The molecule has 2 rings (SSSR count). The minimum atomic E-state index is -0.475. The van der Waals surface area contributed by atoms with Crippen LogP contribution >= 0.6 is 0 Å². The molecule has 0 spiro atoms. The summed E-state index contributed by atoms with van der Waals surface area (Å²) in [6, 6.07) is 3.82. The smallest absolute Gasteiger partial charge is 0.0936 e. The number of H-pyrrole nitrogens is 1. The summed E-state index contributed by atoms with van der Waals surface area (Å²) in [4.78, 5) is 7.34. The third-order valence-corrected chi connectivity index (χ3v) is 2.51. The molecule has 1 unspecified atom stereocenters. The second-order valence-corrected chi connectivity index (χ2v) is 3.59. The van der Waals surface area contributed by atoms with Crippen molar-refractivity contribution < 1.29 is 5.11 Å². The number of aliphatic hydroxyl groups excluding tert-OH is 1. The maximum absolute atomic E-state index is 9.92. The van der Waals surface area contributed by atoms with E-state index >= 15 is 0 Å².